The van der Waals surface area contributed by atoms with Crippen LogP contribution in [0.4, 0.5) is 17.2 Å². The number of hydrogen-bond acceptors (Lipinski definition) is 6. The maximum Gasteiger partial charge on any atom is 0.256 e. The van der Waals surface area contributed by atoms with Gasteiger partial charge in [0.1, 0.15) is 0 Å². The first kappa shape index (κ1) is 18.7. The van der Waals surface area contributed by atoms with E-state index in [1.165, 1.54) is 0 Å². The number of methoxy groups -OCH3 is 1. The molecule has 0 bridgehead atoms. The van der Waals surface area contributed by atoms with Crippen molar-refractivity contribution in [2.45, 2.75) is 0 Å². The quantitative estimate of drug-likeness (QED) is 0.723. The number of carbonyl (C=O) groups excluding carboxylic acids is 1. The molecule has 148 valence electrons. The summed E-state index contributed by atoms with van der Waals surface area (Å²) in [7, 11) is 1.57. The fourth-order valence-corrected chi connectivity index (χ4v) is 3.35. The summed E-state index contributed by atoms with van der Waals surface area (Å²) in [5, 5.41) is 3.35. The number of piperazine rings is 1. The molecule has 2 heterocycles. The van der Waals surface area contributed by atoms with Crippen LogP contribution in [0.1, 0.15) is 10.4 Å². The molecule has 7 nitrogen and oxygen atoms in total. The highest BCUT2D eigenvalue weighted by molar-refractivity contribution is 6.00. The molecule has 0 unspecified atom stereocenters. The number of nitrogens with zero attached hydrogens (tertiary/aromatic N) is 4. The van der Waals surface area contributed by atoms with E-state index < -0.39 is 0 Å². The van der Waals surface area contributed by atoms with Crippen LogP contribution in [0.5, 0.6) is 5.88 Å². The van der Waals surface area contributed by atoms with Crippen molar-refractivity contribution in [3.8, 4) is 5.88 Å². The van der Waals surface area contributed by atoms with Gasteiger partial charge in [-0.25, -0.2) is 0 Å². The number of para-hydroxylation sites is 2. The Bertz CT molecular complexity index is 972. The first-order valence-corrected chi connectivity index (χ1v) is 9.56. The molecule has 1 N–H and O–H groups in total. The Hall–Kier alpha value is -3.61. The number of ether oxygens (including phenoxy) is 1. The monoisotopic (exact) mass is 389 g/mol. The number of carbonyl (C=O) groups is 1. The molecule has 0 atom stereocenters. The highest BCUT2D eigenvalue weighted by atomic mass is 16.5. The molecule has 3 aromatic rings. The number of nitrogens with one attached hydrogen (secondary N) is 1. The molecule has 29 heavy (non-hydrogen) atoms. The lowest BCUT2D eigenvalue weighted by Crippen LogP contribution is -2.49. The van der Waals surface area contributed by atoms with Gasteiger partial charge in [0.15, 0.2) is 5.82 Å². The van der Waals surface area contributed by atoms with Crippen molar-refractivity contribution in [3.05, 3.63) is 72.6 Å². The van der Waals surface area contributed by atoms with Crippen LogP contribution >= 0.6 is 0 Å². The normalized spacial score (nSPS) is 13.8. The third-order valence-corrected chi connectivity index (χ3v) is 4.91. The fraction of sp³-hybridized carbons (Fsp3) is 0.227. The Balaban J connectivity index is 1.45. The number of anilines is 3. The van der Waals surface area contributed by atoms with Crippen molar-refractivity contribution < 1.29 is 9.53 Å². The summed E-state index contributed by atoms with van der Waals surface area (Å²) in [6, 6.07) is 17.5. The summed E-state index contributed by atoms with van der Waals surface area (Å²) in [6.07, 6.45) is 3.30. The zero-order chi connectivity index (χ0) is 20.1. The van der Waals surface area contributed by atoms with E-state index in [9.17, 15) is 4.79 Å². The van der Waals surface area contributed by atoms with Crippen molar-refractivity contribution >= 4 is 23.1 Å². The van der Waals surface area contributed by atoms with Crippen LogP contribution in [0.2, 0.25) is 0 Å². The van der Waals surface area contributed by atoms with Gasteiger partial charge in [0.05, 0.1) is 30.8 Å². The molecule has 1 aliphatic rings. The average Bonchev–Trinajstić information content (AvgIpc) is 2.80. The number of benzene rings is 2. The summed E-state index contributed by atoms with van der Waals surface area (Å²) in [6.45, 7) is 2.64. The van der Waals surface area contributed by atoms with E-state index in [0.29, 0.717) is 37.6 Å². The molecule has 4 rings (SSSR count). The SMILES string of the molecule is COc1cncc(N2CCN(C(=O)c3ccccc3Nc3ccccc3)CC2)n1. The lowest BCUT2D eigenvalue weighted by molar-refractivity contribution is 0.0747. The minimum absolute atomic E-state index is 0.0282. The number of amides is 1. The van der Waals surface area contributed by atoms with Crippen LogP contribution in [-0.4, -0.2) is 54.1 Å². The third-order valence-electron chi connectivity index (χ3n) is 4.91. The van der Waals surface area contributed by atoms with Crippen LogP contribution < -0.4 is 15.0 Å². The highest BCUT2D eigenvalue weighted by Gasteiger charge is 2.24. The number of hydrogen-bond donors (Lipinski definition) is 1. The van der Waals surface area contributed by atoms with Crippen molar-refractivity contribution in [1.82, 2.24) is 14.9 Å². The topological polar surface area (TPSA) is 70.6 Å². The molecule has 1 aromatic heterocycles. The predicted molar refractivity (Wildman–Crippen MR) is 113 cm³/mol. The second-order valence-corrected chi connectivity index (χ2v) is 6.74. The summed E-state index contributed by atoms with van der Waals surface area (Å²) >= 11 is 0. The van der Waals surface area contributed by atoms with Crippen molar-refractivity contribution in [1.29, 1.82) is 0 Å². The van der Waals surface area contributed by atoms with Crippen LogP contribution in [0, 0.1) is 0 Å². The van der Waals surface area contributed by atoms with E-state index in [2.05, 4.69) is 20.2 Å². The van der Waals surface area contributed by atoms with Crippen LogP contribution in [0.25, 0.3) is 0 Å². The average molecular weight is 389 g/mol. The van der Waals surface area contributed by atoms with E-state index in [0.717, 1.165) is 17.2 Å². The molecule has 1 fully saturated rings. The number of aromatic nitrogens is 2. The van der Waals surface area contributed by atoms with Crippen LogP contribution in [-0.2, 0) is 0 Å². The van der Waals surface area contributed by atoms with Gasteiger partial charge in [-0.3, -0.25) is 9.78 Å². The maximum absolute atomic E-state index is 13.2. The molecule has 1 aliphatic heterocycles. The summed E-state index contributed by atoms with van der Waals surface area (Å²) in [5.41, 5.74) is 2.44. The van der Waals surface area contributed by atoms with Crippen molar-refractivity contribution in [2.24, 2.45) is 0 Å². The van der Waals surface area contributed by atoms with Crippen molar-refractivity contribution in [3.63, 3.8) is 0 Å². The van der Waals surface area contributed by atoms with Crippen LogP contribution in [0.15, 0.2) is 67.0 Å². The standard InChI is InChI=1S/C22H23N5O2/c1-29-21-16-23-15-20(25-21)26-11-13-27(14-12-26)22(28)18-9-5-6-10-19(18)24-17-7-3-2-4-8-17/h2-10,15-16,24H,11-14H2,1H3. The Kier molecular flexibility index (Phi) is 5.56. The minimum atomic E-state index is 0.0282. The molecular formula is C22H23N5O2. The molecule has 7 heteroatoms. The first-order chi connectivity index (χ1) is 14.2. The predicted octanol–water partition coefficient (Wildman–Crippen LogP) is 3.19. The zero-order valence-corrected chi connectivity index (χ0v) is 16.3. The van der Waals surface area contributed by atoms with E-state index in [4.69, 9.17) is 4.74 Å². The van der Waals surface area contributed by atoms with E-state index in [-0.39, 0.29) is 5.91 Å². The maximum atomic E-state index is 13.2. The van der Waals surface area contributed by atoms with E-state index in [1.807, 2.05) is 59.5 Å². The Morgan fingerprint density at radius 2 is 1.69 bits per heavy atom. The molecule has 0 saturated carbocycles. The minimum Gasteiger partial charge on any atom is -0.480 e. The first-order valence-electron chi connectivity index (χ1n) is 9.56. The second kappa shape index (κ2) is 8.60. The Morgan fingerprint density at radius 3 is 2.45 bits per heavy atom. The van der Waals surface area contributed by atoms with E-state index in [1.54, 1.807) is 19.5 Å². The van der Waals surface area contributed by atoms with Gasteiger partial charge in [-0.1, -0.05) is 30.3 Å². The van der Waals surface area contributed by atoms with E-state index >= 15 is 0 Å². The molecular weight excluding hydrogens is 366 g/mol. The van der Waals surface area contributed by atoms with Crippen LogP contribution in [0.3, 0.4) is 0 Å². The fourth-order valence-electron chi connectivity index (χ4n) is 3.35. The Labute approximate surface area is 170 Å². The van der Waals surface area contributed by atoms with Gasteiger partial charge in [0.25, 0.3) is 5.91 Å². The molecule has 1 amide bonds. The van der Waals surface area contributed by atoms with Gasteiger partial charge >= 0.3 is 0 Å². The summed E-state index contributed by atoms with van der Waals surface area (Å²) in [5.74, 6) is 1.28. The molecule has 0 aliphatic carbocycles. The highest BCUT2D eigenvalue weighted by Crippen LogP contribution is 2.23. The summed E-state index contributed by atoms with van der Waals surface area (Å²) < 4.78 is 5.15. The van der Waals surface area contributed by atoms with Gasteiger partial charge in [0.2, 0.25) is 5.88 Å². The summed E-state index contributed by atoms with van der Waals surface area (Å²) in [4.78, 5) is 25.8. The van der Waals surface area contributed by atoms with Gasteiger partial charge < -0.3 is 19.9 Å². The zero-order valence-electron chi connectivity index (χ0n) is 16.3. The number of rotatable bonds is 5. The Morgan fingerprint density at radius 1 is 0.966 bits per heavy atom. The van der Waals surface area contributed by atoms with Gasteiger partial charge in [-0.2, -0.15) is 4.98 Å². The lowest BCUT2D eigenvalue weighted by atomic mass is 10.1. The molecule has 0 radical (unpaired) electrons. The molecule has 0 spiro atoms. The largest absolute Gasteiger partial charge is 0.480 e. The van der Waals surface area contributed by atoms with Crippen molar-refractivity contribution in [2.75, 3.05) is 43.5 Å². The van der Waals surface area contributed by atoms with Gasteiger partial charge in [-0.05, 0) is 24.3 Å². The molecule has 1 saturated heterocycles. The van der Waals surface area contributed by atoms with Gasteiger partial charge in [-0.15, -0.1) is 0 Å². The molecule has 2 aromatic carbocycles. The lowest BCUT2D eigenvalue weighted by Gasteiger charge is -2.35. The smallest absolute Gasteiger partial charge is 0.256 e. The van der Waals surface area contributed by atoms with Gasteiger partial charge in [0, 0.05) is 31.9 Å². The second-order valence-electron chi connectivity index (χ2n) is 6.74. The third kappa shape index (κ3) is 4.29.